The van der Waals surface area contributed by atoms with Gasteiger partial charge in [0.05, 0.1) is 16.8 Å². The summed E-state index contributed by atoms with van der Waals surface area (Å²) in [6.45, 7) is 0. The normalized spacial score (nSPS) is 11.2. The van der Waals surface area contributed by atoms with Crippen LogP contribution >= 0.6 is 11.8 Å². The van der Waals surface area contributed by atoms with E-state index >= 15 is 0 Å². The van der Waals surface area contributed by atoms with Crippen molar-refractivity contribution in [2.24, 2.45) is 0 Å². The second kappa shape index (κ2) is 6.91. The zero-order valence-electron chi connectivity index (χ0n) is 11.7. The van der Waals surface area contributed by atoms with E-state index in [1.54, 1.807) is 0 Å². The Hall–Kier alpha value is -2.55. The highest BCUT2D eigenvalue weighted by Crippen LogP contribution is 2.31. The molecular weight excluding hydrogens is 350 g/mol. The quantitative estimate of drug-likeness (QED) is 0.606. The van der Waals surface area contributed by atoms with Gasteiger partial charge in [-0.2, -0.15) is 13.2 Å². The molecule has 0 saturated heterocycles. The summed E-state index contributed by atoms with van der Waals surface area (Å²) in [5.41, 5.74) is -1.40. The number of hydrogen-bond donors (Lipinski definition) is 2. The van der Waals surface area contributed by atoms with Crippen LogP contribution < -0.4 is 5.32 Å². The number of anilines is 1. The van der Waals surface area contributed by atoms with Crippen LogP contribution in [0.5, 0.6) is 0 Å². The van der Waals surface area contributed by atoms with Crippen molar-refractivity contribution in [1.82, 2.24) is 0 Å². The molecular formula is C15H9F4NO3S. The van der Waals surface area contributed by atoms with Crippen molar-refractivity contribution in [3.05, 3.63) is 59.4 Å². The predicted molar refractivity (Wildman–Crippen MR) is 79.7 cm³/mol. The van der Waals surface area contributed by atoms with Gasteiger partial charge in [0.2, 0.25) is 0 Å². The summed E-state index contributed by atoms with van der Waals surface area (Å²) in [6, 6.07) is 6.72. The molecule has 0 aliphatic carbocycles. The number of rotatable bonds is 3. The van der Waals surface area contributed by atoms with E-state index in [4.69, 9.17) is 5.11 Å². The second-order valence-electron chi connectivity index (χ2n) is 4.53. The van der Waals surface area contributed by atoms with Gasteiger partial charge in [-0.1, -0.05) is 0 Å². The number of alkyl halides is 3. The molecule has 0 aliphatic rings. The molecule has 9 heteroatoms. The van der Waals surface area contributed by atoms with Crippen LogP contribution in [0.25, 0.3) is 0 Å². The molecule has 0 atom stereocenters. The van der Waals surface area contributed by atoms with Gasteiger partial charge >= 0.3 is 12.1 Å². The first kappa shape index (κ1) is 17.8. The van der Waals surface area contributed by atoms with Crippen LogP contribution in [-0.2, 0) is 6.18 Å². The van der Waals surface area contributed by atoms with Gasteiger partial charge in [0.15, 0.2) is 0 Å². The van der Waals surface area contributed by atoms with Crippen LogP contribution in [0, 0.1) is 5.82 Å². The van der Waals surface area contributed by atoms with Crippen molar-refractivity contribution in [2.75, 3.05) is 5.32 Å². The lowest BCUT2D eigenvalue weighted by Crippen LogP contribution is -2.10. The number of carbonyl (C=O) groups is 2. The van der Waals surface area contributed by atoms with Crippen LogP contribution in [-0.4, -0.2) is 16.3 Å². The van der Waals surface area contributed by atoms with E-state index in [0.29, 0.717) is 11.8 Å². The zero-order valence-corrected chi connectivity index (χ0v) is 12.5. The molecule has 1 amide bonds. The summed E-state index contributed by atoms with van der Waals surface area (Å²) in [4.78, 5) is 23.1. The van der Waals surface area contributed by atoms with Gasteiger partial charge in [0.25, 0.3) is 5.24 Å². The minimum atomic E-state index is -4.48. The lowest BCUT2D eigenvalue weighted by Gasteiger charge is -2.09. The van der Waals surface area contributed by atoms with Crippen LogP contribution in [0.2, 0.25) is 0 Å². The number of amides is 1. The summed E-state index contributed by atoms with van der Waals surface area (Å²) in [5, 5.41) is 10.5. The number of carboxylic acid groups (broad SMARTS) is 1. The molecule has 0 saturated carbocycles. The molecule has 2 rings (SSSR count). The molecule has 0 radical (unpaired) electrons. The Bertz CT molecular complexity index is 775. The second-order valence-corrected chi connectivity index (χ2v) is 5.58. The molecule has 0 bridgehead atoms. The number of hydrogen-bond acceptors (Lipinski definition) is 3. The van der Waals surface area contributed by atoms with Crippen molar-refractivity contribution >= 4 is 28.7 Å². The highest BCUT2D eigenvalue weighted by Gasteiger charge is 2.30. The first-order chi connectivity index (χ1) is 11.2. The smallest absolute Gasteiger partial charge is 0.416 e. The van der Waals surface area contributed by atoms with Crippen LogP contribution in [0.4, 0.5) is 28.0 Å². The molecule has 2 aromatic carbocycles. The Morgan fingerprint density at radius 3 is 2.21 bits per heavy atom. The predicted octanol–water partition coefficient (Wildman–Crippen LogP) is 4.87. The maximum absolute atomic E-state index is 13.1. The Morgan fingerprint density at radius 1 is 1.04 bits per heavy atom. The molecule has 0 unspecified atom stereocenters. The molecule has 0 aliphatic heterocycles. The van der Waals surface area contributed by atoms with E-state index in [1.165, 1.54) is 0 Å². The molecule has 24 heavy (non-hydrogen) atoms. The van der Waals surface area contributed by atoms with Crippen LogP contribution in [0.15, 0.2) is 47.4 Å². The highest BCUT2D eigenvalue weighted by atomic mass is 32.2. The van der Waals surface area contributed by atoms with Crippen LogP contribution in [0.1, 0.15) is 15.9 Å². The number of carboxylic acids is 1. The average molecular weight is 359 g/mol. The van der Waals surface area contributed by atoms with Gasteiger partial charge in [-0.25, -0.2) is 9.18 Å². The number of thioether (sulfide) groups is 1. The van der Waals surface area contributed by atoms with Gasteiger partial charge in [-0.3, -0.25) is 4.79 Å². The Labute approximate surface area is 137 Å². The molecule has 4 nitrogen and oxygen atoms in total. The van der Waals surface area contributed by atoms with Gasteiger partial charge < -0.3 is 10.4 Å². The number of benzene rings is 2. The van der Waals surface area contributed by atoms with Crippen molar-refractivity contribution in [2.45, 2.75) is 11.1 Å². The van der Waals surface area contributed by atoms with E-state index in [2.05, 4.69) is 5.32 Å². The van der Waals surface area contributed by atoms with Crippen molar-refractivity contribution in [3.63, 3.8) is 0 Å². The first-order valence-corrected chi connectivity index (χ1v) is 7.17. The van der Waals surface area contributed by atoms with E-state index in [-0.39, 0.29) is 10.6 Å². The lowest BCUT2D eigenvalue weighted by molar-refractivity contribution is -0.137. The summed E-state index contributed by atoms with van der Waals surface area (Å²) >= 11 is 0.578. The van der Waals surface area contributed by atoms with Crippen molar-refractivity contribution < 1.29 is 32.3 Å². The number of nitrogens with one attached hydrogen (secondary N) is 1. The third-order valence-corrected chi connectivity index (χ3v) is 3.64. The monoisotopic (exact) mass is 359 g/mol. The van der Waals surface area contributed by atoms with Gasteiger partial charge in [0, 0.05) is 4.90 Å². The maximum atomic E-state index is 13.1. The van der Waals surface area contributed by atoms with E-state index < -0.39 is 34.3 Å². The third-order valence-electron chi connectivity index (χ3n) is 2.84. The van der Waals surface area contributed by atoms with Crippen molar-refractivity contribution in [3.8, 4) is 0 Å². The standard InChI is InChI=1S/C15H9F4NO3S/c16-9-3-6-12(11(7-9)13(21)22)20-14(23)24-10-4-1-8(2-5-10)15(17,18)19/h1-7H,(H,20,23)(H,21,22). The van der Waals surface area contributed by atoms with Crippen molar-refractivity contribution in [1.29, 1.82) is 0 Å². The van der Waals surface area contributed by atoms with Gasteiger partial charge in [-0.05, 0) is 54.2 Å². The Balaban J connectivity index is 2.10. The third kappa shape index (κ3) is 4.48. The van der Waals surface area contributed by atoms with E-state index in [9.17, 15) is 27.2 Å². The average Bonchev–Trinajstić information content (AvgIpc) is 2.48. The fourth-order valence-corrected chi connectivity index (χ4v) is 2.40. The largest absolute Gasteiger partial charge is 0.478 e. The summed E-state index contributed by atoms with van der Waals surface area (Å²) < 4.78 is 50.4. The summed E-state index contributed by atoms with van der Waals surface area (Å²) in [7, 11) is 0. The Kier molecular flexibility index (Phi) is 5.13. The molecule has 0 heterocycles. The molecule has 2 aromatic rings. The number of aromatic carboxylic acids is 1. The van der Waals surface area contributed by atoms with Crippen LogP contribution in [0.3, 0.4) is 0 Å². The highest BCUT2D eigenvalue weighted by molar-refractivity contribution is 8.13. The topological polar surface area (TPSA) is 66.4 Å². The maximum Gasteiger partial charge on any atom is 0.416 e. The van der Waals surface area contributed by atoms with Gasteiger partial charge in [-0.15, -0.1) is 0 Å². The summed E-state index contributed by atoms with van der Waals surface area (Å²) in [5.74, 6) is -2.20. The van der Waals surface area contributed by atoms with E-state index in [1.807, 2.05) is 0 Å². The minimum Gasteiger partial charge on any atom is -0.478 e. The molecule has 2 N–H and O–H groups in total. The molecule has 0 fully saturated rings. The minimum absolute atomic E-state index is 0.117. The first-order valence-electron chi connectivity index (χ1n) is 6.36. The lowest BCUT2D eigenvalue weighted by atomic mass is 10.2. The van der Waals surface area contributed by atoms with Gasteiger partial charge in [0.1, 0.15) is 5.82 Å². The SMILES string of the molecule is O=C(Nc1ccc(F)cc1C(=O)O)Sc1ccc(C(F)(F)F)cc1. The summed E-state index contributed by atoms with van der Waals surface area (Å²) in [6.07, 6.45) is -4.48. The number of carbonyl (C=O) groups excluding carboxylic acids is 1. The molecule has 0 aromatic heterocycles. The molecule has 126 valence electrons. The van der Waals surface area contributed by atoms with E-state index in [0.717, 1.165) is 42.5 Å². The number of halogens is 4. The Morgan fingerprint density at radius 2 is 1.67 bits per heavy atom. The zero-order chi connectivity index (χ0) is 17.9. The molecule has 0 spiro atoms. The fraction of sp³-hybridized carbons (Fsp3) is 0.0667. The fourth-order valence-electron chi connectivity index (χ4n) is 1.76.